The lowest BCUT2D eigenvalue weighted by Crippen LogP contribution is -2.23. The van der Waals surface area contributed by atoms with Crippen molar-refractivity contribution in [3.8, 4) is 0 Å². The van der Waals surface area contributed by atoms with Crippen molar-refractivity contribution in [1.82, 2.24) is 10.3 Å². The first kappa shape index (κ1) is 14.1. The molecule has 0 aromatic carbocycles. The van der Waals surface area contributed by atoms with Crippen LogP contribution in [0.1, 0.15) is 37.4 Å². The van der Waals surface area contributed by atoms with E-state index in [9.17, 15) is 0 Å². The molecule has 0 aliphatic heterocycles. The van der Waals surface area contributed by atoms with E-state index < -0.39 is 0 Å². The first-order chi connectivity index (χ1) is 9.08. The van der Waals surface area contributed by atoms with Gasteiger partial charge in [0, 0.05) is 24.5 Å². The molecule has 1 unspecified atom stereocenters. The van der Waals surface area contributed by atoms with Crippen molar-refractivity contribution >= 4 is 17.4 Å². The monoisotopic (exact) mass is 279 g/mol. The number of thiophene rings is 1. The van der Waals surface area contributed by atoms with E-state index in [0.29, 0.717) is 12.1 Å². The van der Waals surface area contributed by atoms with E-state index in [0.717, 1.165) is 12.2 Å². The quantitative estimate of drug-likeness (QED) is 0.879. The first-order valence-corrected chi connectivity index (χ1v) is 7.40. The second-order valence-corrected chi connectivity index (χ2v) is 5.94. The lowest BCUT2D eigenvalue weighted by Gasteiger charge is -2.21. The third-order valence-corrected chi connectivity index (χ3v) is 4.11. The maximum absolute atomic E-state index is 5.56. The van der Waals surface area contributed by atoms with Crippen LogP contribution < -0.4 is 10.2 Å². The van der Waals surface area contributed by atoms with Crippen LogP contribution in [-0.4, -0.2) is 18.1 Å². The van der Waals surface area contributed by atoms with Gasteiger partial charge >= 0.3 is 0 Å². The zero-order chi connectivity index (χ0) is 13.8. The average molecular weight is 279 g/mol. The Labute approximate surface area is 118 Å². The summed E-state index contributed by atoms with van der Waals surface area (Å²) in [6.07, 6.45) is 1.72. The largest absolute Gasteiger partial charge is 0.432 e. The number of nitrogens with one attached hydrogen (secondary N) is 1. The predicted octanol–water partition coefficient (Wildman–Crippen LogP) is 3.43. The Morgan fingerprint density at radius 1 is 1.42 bits per heavy atom. The molecule has 19 heavy (non-hydrogen) atoms. The highest BCUT2D eigenvalue weighted by Gasteiger charge is 2.17. The average Bonchev–Trinajstić information content (AvgIpc) is 3.05. The van der Waals surface area contributed by atoms with Crippen LogP contribution >= 0.6 is 11.3 Å². The fourth-order valence-corrected chi connectivity index (χ4v) is 2.56. The SMILES string of the molecule is CC(C)NCc1coc(N(C)C(C)c2cccs2)n1. The van der Waals surface area contributed by atoms with Crippen molar-refractivity contribution in [3.63, 3.8) is 0 Å². The van der Waals surface area contributed by atoms with Crippen LogP contribution in [0.2, 0.25) is 0 Å². The molecule has 1 N–H and O–H groups in total. The molecule has 0 saturated carbocycles. The summed E-state index contributed by atoms with van der Waals surface area (Å²) in [5.74, 6) is 0. The Balaban J connectivity index is 2.01. The highest BCUT2D eigenvalue weighted by Crippen LogP contribution is 2.27. The van der Waals surface area contributed by atoms with Gasteiger partial charge in [0.2, 0.25) is 0 Å². The van der Waals surface area contributed by atoms with Gasteiger partial charge in [-0.25, -0.2) is 0 Å². The van der Waals surface area contributed by atoms with Crippen LogP contribution in [0, 0.1) is 0 Å². The van der Waals surface area contributed by atoms with Crippen molar-refractivity contribution in [2.24, 2.45) is 0 Å². The van der Waals surface area contributed by atoms with Crippen molar-refractivity contribution < 1.29 is 4.42 Å². The highest BCUT2D eigenvalue weighted by molar-refractivity contribution is 7.10. The van der Waals surface area contributed by atoms with Crippen molar-refractivity contribution in [2.45, 2.75) is 39.4 Å². The van der Waals surface area contributed by atoms with E-state index in [4.69, 9.17) is 4.42 Å². The fraction of sp³-hybridized carbons (Fsp3) is 0.500. The third-order valence-electron chi connectivity index (χ3n) is 3.07. The molecule has 0 aliphatic carbocycles. The molecule has 0 radical (unpaired) electrons. The van der Waals surface area contributed by atoms with E-state index in [1.54, 1.807) is 17.6 Å². The Morgan fingerprint density at radius 2 is 2.21 bits per heavy atom. The number of hydrogen-bond acceptors (Lipinski definition) is 5. The topological polar surface area (TPSA) is 41.3 Å². The second-order valence-electron chi connectivity index (χ2n) is 4.96. The number of hydrogen-bond donors (Lipinski definition) is 1. The molecule has 4 nitrogen and oxygen atoms in total. The number of aromatic nitrogens is 1. The van der Waals surface area contributed by atoms with Gasteiger partial charge in [-0.2, -0.15) is 4.98 Å². The summed E-state index contributed by atoms with van der Waals surface area (Å²) in [7, 11) is 2.01. The molecule has 104 valence electrons. The summed E-state index contributed by atoms with van der Waals surface area (Å²) in [6, 6.07) is 5.59. The molecule has 2 heterocycles. The van der Waals surface area contributed by atoms with Crippen LogP contribution in [0.4, 0.5) is 6.01 Å². The van der Waals surface area contributed by atoms with Crippen LogP contribution in [-0.2, 0) is 6.54 Å². The normalized spacial score (nSPS) is 12.9. The summed E-state index contributed by atoms with van der Waals surface area (Å²) in [6.45, 7) is 7.13. The van der Waals surface area contributed by atoms with E-state index >= 15 is 0 Å². The lowest BCUT2D eigenvalue weighted by atomic mass is 10.2. The minimum absolute atomic E-state index is 0.268. The number of oxazole rings is 1. The van der Waals surface area contributed by atoms with E-state index in [1.807, 2.05) is 7.05 Å². The number of rotatable bonds is 6. The maximum atomic E-state index is 5.56. The molecule has 0 bridgehead atoms. The van der Waals surface area contributed by atoms with Gasteiger partial charge in [-0.1, -0.05) is 19.9 Å². The fourth-order valence-electron chi connectivity index (χ4n) is 1.73. The summed E-state index contributed by atoms with van der Waals surface area (Å²) < 4.78 is 5.56. The second kappa shape index (κ2) is 6.21. The maximum Gasteiger partial charge on any atom is 0.297 e. The van der Waals surface area contributed by atoms with Crippen LogP contribution in [0.3, 0.4) is 0 Å². The van der Waals surface area contributed by atoms with Gasteiger partial charge in [0.1, 0.15) is 6.26 Å². The van der Waals surface area contributed by atoms with E-state index in [1.165, 1.54) is 4.88 Å². The summed E-state index contributed by atoms with van der Waals surface area (Å²) >= 11 is 1.75. The standard InChI is InChI=1S/C14H21N3OS/c1-10(2)15-8-12-9-18-14(16-12)17(4)11(3)13-6-5-7-19-13/h5-7,9-11,15H,8H2,1-4H3. The molecule has 0 fully saturated rings. The van der Waals surface area contributed by atoms with Crippen LogP contribution in [0.25, 0.3) is 0 Å². The molecule has 2 aromatic rings. The van der Waals surface area contributed by atoms with E-state index in [2.05, 4.69) is 53.5 Å². The Hall–Kier alpha value is -1.33. The molecular weight excluding hydrogens is 258 g/mol. The molecular formula is C14H21N3OS. The molecule has 0 aliphatic rings. The summed E-state index contributed by atoms with van der Waals surface area (Å²) in [4.78, 5) is 7.88. The molecule has 2 aromatic heterocycles. The predicted molar refractivity (Wildman–Crippen MR) is 79.6 cm³/mol. The summed E-state index contributed by atoms with van der Waals surface area (Å²) in [5, 5.41) is 5.42. The minimum Gasteiger partial charge on any atom is -0.432 e. The zero-order valence-corrected chi connectivity index (χ0v) is 12.7. The summed E-state index contributed by atoms with van der Waals surface area (Å²) in [5.41, 5.74) is 0.939. The van der Waals surface area contributed by atoms with Gasteiger partial charge < -0.3 is 14.6 Å². The first-order valence-electron chi connectivity index (χ1n) is 6.52. The van der Waals surface area contributed by atoms with Gasteiger partial charge in [-0.3, -0.25) is 0 Å². The van der Waals surface area contributed by atoms with Gasteiger partial charge in [-0.15, -0.1) is 11.3 Å². The Kier molecular flexibility index (Phi) is 4.61. The molecule has 0 amide bonds. The van der Waals surface area contributed by atoms with Crippen molar-refractivity contribution in [3.05, 3.63) is 34.3 Å². The lowest BCUT2D eigenvalue weighted by molar-refractivity contribution is 0.525. The number of anilines is 1. The van der Waals surface area contributed by atoms with Crippen molar-refractivity contribution in [1.29, 1.82) is 0 Å². The van der Waals surface area contributed by atoms with E-state index in [-0.39, 0.29) is 6.04 Å². The molecule has 1 atom stereocenters. The Morgan fingerprint density at radius 3 is 2.84 bits per heavy atom. The molecule has 0 spiro atoms. The highest BCUT2D eigenvalue weighted by atomic mass is 32.1. The van der Waals surface area contributed by atoms with Crippen LogP contribution in [0.5, 0.6) is 0 Å². The number of nitrogens with zero attached hydrogens (tertiary/aromatic N) is 2. The third kappa shape index (κ3) is 3.58. The van der Waals surface area contributed by atoms with Gasteiger partial charge in [-0.05, 0) is 18.4 Å². The molecule has 5 heteroatoms. The zero-order valence-electron chi connectivity index (χ0n) is 11.9. The molecule has 0 saturated heterocycles. The van der Waals surface area contributed by atoms with Gasteiger partial charge in [0.15, 0.2) is 0 Å². The molecule has 2 rings (SSSR count). The van der Waals surface area contributed by atoms with Crippen LogP contribution in [0.15, 0.2) is 28.2 Å². The van der Waals surface area contributed by atoms with Crippen molar-refractivity contribution in [2.75, 3.05) is 11.9 Å². The Bertz CT molecular complexity index is 493. The minimum atomic E-state index is 0.268. The van der Waals surface area contributed by atoms with Gasteiger partial charge in [0.25, 0.3) is 6.01 Å². The van der Waals surface area contributed by atoms with Gasteiger partial charge in [0.05, 0.1) is 11.7 Å². The smallest absolute Gasteiger partial charge is 0.297 e.